The van der Waals surface area contributed by atoms with Gasteiger partial charge < -0.3 is 9.47 Å². The summed E-state index contributed by atoms with van der Waals surface area (Å²) in [7, 11) is 0. The Morgan fingerprint density at radius 2 is 1.74 bits per heavy atom. The molecule has 0 bridgehead atoms. The highest BCUT2D eigenvalue weighted by molar-refractivity contribution is 6.05. The monoisotopic (exact) mass is 320 g/mol. The molecule has 0 heterocycles. The first-order valence-electron chi connectivity index (χ1n) is 7.75. The van der Waals surface area contributed by atoms with Gasteiger partial charge in [-0.2, -0.15) is 0 Å². The number of carbonyl (C=O) groups excluding carboxylic acids is 3. The van der Waals surface area contributed by atoms with E-state index in [-0.39, 0.29) is 26.1 Å². The zero-order valence-electron chi connectivity index (χ0n) is 14.2. The average Bonchev–Trinajstić information content (AvgIpc) is 2.46. The van der Waals surface area contributed by atoms with Gasteiger partial charge in [0.1, 0.15) is 11.2 Å². The number of rotatable bonds is 8. The molecule has 0 aromatic heterocycles. The average molecular weight is 320 g/mol. The molecule has 0 radical (unpaired) electrons. The lowest BCUT2D eigenvalue weighted by atomic mass is 9.75. The fraction of sp³-hybridized carbons (Fsp3) is 0.500. The van der Waals surface area contributed by atoms with E-state index in [0.717, 1.165) is 11.1 Å². The SMILES string of the molecule is CCOC(=O)CC(Cc1cccc(C)c1)(C(C)=O)C(=O)OCC. The van der Waals surface area contributed by atoms with Crippen molar-refractivity contribution in [2.24, 2.45) is 5.41 Å². The molecule has 1 atom stereocenters. The molecule has 1 aromatic carbocycles. The lowest BCUT2D eigenvalue weighted by Gasteiger charge is -2.28. The van der Waals surface area contributed by atoms with Crippen LogP contribution in [-0.2, 0) is 30.3 Å². The Kier molecular flexibility index (Phi) is 6.94. The first kappa shape index (κ1) is 18.9. The van der Waals surface area contributed by atoms with E-state index in [2.05, 4.69) is 0 Å². The molecule has 0 spiro atoms. The smallest absolute Gasteiger partial charge is 0.320 e. The molecule has 5 heteroatoms. The van der Waals surface area contributed by atoms with E-state index < -0.39 is 23.1 Å². The Labute approximate surface area is 137 Å². The number of aryl methyl sites for hydroxylation is 1. The maximum atomic E-state index is 12.5. The van der Waals surface area contributed by atoms with Gasteiger partial charge in [-0.1, -0.05) is 29.8 Å². The Hall–Kier alpha value is -2.17. The van der Waals surface area contributed by atoms with Crippen molar-refractivity contribution < 1.29 is 23.9 Å². The molecule has 0 aliphatic carbocycles. The first-order valence-corrected chi connectivity index (χ1v) is 7.75. The lowest BCUT2D eigenvalue weighted by Crippen LogP contribution is -2.43. The van der Waals surface area contributed by atoms with Gasteiger partial charge in [-0.25, -0.2) is 0 Å². The minimum Gasteiger partial charge on any atom is -0.466 e. The van der Waals surface area contributed by atoms with Crippen molar-refractivity contribution in [1.82, 2.24) is 0 Å². The summed E-state index contributed by atoms with van der Waals surface area (Å²) in [6.07, 6.45) is -0.204. The second-order valence-corrected chi connectivity index (χ2v) is 5.51. The number of hydrogen-bond donors (Lipinski definition) is 0. The van der Waals surface area contributed by atoms with Crippen LogP contribution >= 0.6 is 0 Å². The van der Waals surface area contributed by atoms with Crippen LogP contribution in [0, 0.1) is 12.3 Å². The van der Waals surface area contributed by atoms with E-state index >= 15 is 0 Å². The van der Waals surface area contributed by atoms with Crippen LogP contribution in [0.25, 0.3) is 0 Å². The highest BCUT2D eigenvalue weighted by atomic mass is 16.5. The van der Waals surface area contributed by atoms with Crippen LogP contribution in [0.1, 0.15) is 38.3 Å². The Morgan fingerprint density at radius 1 is 1.09 bits per heavy atom. The van der Waals surface area contributed by atoms with E-state index in [1.807, 2.05) is 31.2 Å². The number of ether oxygens (including phenoxy) is 2. The van der Waals surface area contributed by atoms with Crippen molar-refractivity contribution in [1.29, 1.82) is 0 Å². The van der Waals surface area contributed by atoms with E-state index in [1.165, 1.54) is 6.92 Å². The molecule has 0 aliphatic heterocycles. The number of Topliss-reactive ketones (excluding diaryl/α,β-unsaturated/α-hetero) is 1. The third kappa shape index (κ3) is 4.91. The molecule has 0 fully saturated rings. The molecule has 0 aliphatic rings. The van der Waals surface area contributed by atoms with Crippen LogP contribution in [0.15, 0.2) is 24.3 Å². The van der Waals surface area contributed by atoms with Crippen molar-refractivity contribution in [3.05, 3.63) is 35.4 Å². The highest BCUT2D eigenvalue weighted by Crippen LogP contribution is 2.31. The fourth-order valence-electron chi connectivity index (χ4n) is 2.50. The molecule has 1 unspecified atom stereocenters. The Morgan fingerprint density at radius 3 is 2.26 bits per heavy atom. The standard InChI is InChI=1S/C18H24O5/c1-5-22-16(20)12-18(14(4)19,17(21)23-6-2)11-15-9-7-8-13(3)10-15/h7-10H,5-6,11-12H2,1-4H3. The van der Waals surface area contributed by atoms with Gasteiger partial charge >= 0.3 is 11.9 Å². The molecule has 23 heavy (non-hydrogen) atoms. The topological polar surface area (TPSA) is 69.7 Å². The van der Waals surface area contributed by atoms with Gasteiger partial charge in [0.15, 0.2) is 0 Å². The predicted octanol–water partition coefficient (Wildman–Crippen LogP) is 2.63. The molecule has 1 aromatic rings. The number of benzene rings is 1. The summed E-state index contributed by atoms with van der Waals surface area (Å²) in [6, 6.07) is 7.50. The van der Waals surface area contributed by atoms with E-state index in [9.17, 15) is 14.4 Å². The van der Waals surface area contributed by atoms with E-state index in [4.69, 9.17) is 9.47 Å². The molecule has 1 rings (SSSR count). The summed E-state index contributed by atoms with van der Waals surface area (Å²) in [4.78, 5) is 36.7. The van der Waals surface area contributed by atoms with Crippen molar-refractivity contribution in [3.63, 3.8) is 0 Å². The van der Waals surface area contributed by atoms with Crippen molar-refractivity contribution in [2.45, 2.75) is 40.5 Å². The third-order valence-electron chi connectivity index (χ3n) is 3.68. The van der Waals surface area contributed by atoms with Crippen molar-refractivity contribution in [3.8, 4) is 0 Å². The number of hydrogen-bond acceptors (Lipinski definition) is 5. The maximum absolute atomic E-state index is 12.5. The number of carbonyl (C=O) groups is 3. The highest BCUT2D eigenvalue weighted by Gasteiger charge is 2.47. The molecule has 0 saturated heterocycles. The molecular weight excluding hydrogens is 296 g/mol. The molecule has 0 saturated carbocycles. The Balaban J connectivity index is 3.23. The minimum atomic E-state index is -1.55. The third-order valence-corrected chi connectivity index (χ3v) is 3.68. The molecule has 126 valence electrons. The van der Waals surface area contributed by atoms with E-state index in [1.54, 1.807) is 13.8 Å². The van der Waals surface area contributed by atoms with Crippen molar-refractivity contribution >= 4 is 17.7 Å². The molecule has 0 amide bonds. The van der Waals surface area contributed by atoms with Crippen molar-refractivity contribution in [2.75, 3.05) is 13.2 Å². The largest absolute Gasteiger partial charge is 0.466 e. The van der Waals surface area contributed by atoms with Crippen LogP contribution in [0.4, 0.5) is 0 Å². The zero-order valence-corrected chi connectivity index (χ0v) is 14.2. The lowest BCUT2D eigenvalue weighted by molar-refractivity contribution is -0.166. The quantitative estimate of drug-likeness (QED) is 0.544. The van der Waals surface area contributed by atoms with Gasteiger partial charge in [-0.15, -0.1) is 0 Å². The molecule has 5 nitrogen and oxygen atoms in total. The van der Waals surface area contributed by atoms with E-state index in [0.29, 0.717) is 0 Å². The maximum Gasteiger partial charge on any atom is 0.320 e. The normalized spacial score (nSPS) is 13.0. The number of ketones is 1. The summed E-state index contributed by atoms with van der Waals surface area (Å²) in [5.41, 5.74) is 0.272. The summed E-state index contributed by atoms with van der Waals surface area (Å²) in [5, 5.41) is 0. The van der Waals surface area contributed by atoms with Gasteiger partial charge in [-0.05, 0) is 39.7 Å². The van der Waals surface area contributed by atoms with Gasteiger partial charge in [0.25, 0.3) is 0 Å². The van der Waals surface area contributed by atoms with Crippen LogP contribution in [-0.4, -0.2) is 30.9 Å². The number of esters is 2. The van der Waals surface area contributed by atoms with Gasteiger partial charge in [0.2, 0.25) is 0 Å². The second kappa shape index (κ2) is 8.46. The first-order chi connectivity index (χ1) is 10.9. The summed E-state index contributed by atoms with van der Waals surface area (Å²) >= 11 is 0. The second-order valence-electron chi connectivity index (χ2n) is 5.51. The zero-order chi connectivity index (χ0) is 17.5. The molecule has 0 N–H and O–H groups in total. The predicted molar refractivity (Wildman–Crippen MR) is 85.9 cm³/mol. The summed E-state index contributed by atoms with van der Waals surface area (Å²) in [6.45, 7) is 6.92. The van der Waals surface area contributed by atoms with Crippen LogP contribution in [0.2, 0.25) is 0 Å². The summed E-state index contributed by atoms with van der Waals surface area (Å²) < 4.78 is 10.0. The van der Waals surface area contributed by atoms with Gasteiger partial charge in [0, 0.05) is 0 Å². The minimum absolute atomic E-state index is 0.113. The van der Waals surface area contributed by atoms with Crippen LogP contribution in [0.3, 0.4) is 0 Å². The van der Waals surface area contributed by atoms with Crippen LogP contribution < -0.4 is 0 Å². The van der Waals surface area contributed by atoms with Gasteiger partial charge in [0.05, 0.1) is 19.6 Å². The van der Waals surface area contributed by atoms with Crippen LogP contribution in [0.5, 0.6) is 0 Å². The Bertz CT molecular complexity index is 579. The summed E-state index contributed by atoms with van der Waals surface area (Å²) in [5.74, 6) is -1.66. The molecular formula is C18H24O5. The van der Waals surface area contributed by atoms with Gasteiger partial charge in [-0.3, -0.25) is 14.4 Å². The fourth-order valence-corrected chi connectivity index (χ4v) is 2.50.